The van der Waals surface area contributed by atoms with Gasteiger partial charge in [0.2, 0.25) is 0 Å². The van der Waals surface area contributed by atoms with Crippen molar-refractivity contribution in [3.63, 3.8) is 0 Å². The third kappa shape index (κ3) is 5.62. The molecule has 0 saturated carbocycles. The highest BCUT2D eigenvalue weighted by Gasteiger charge is 2.31. The molecule has 0 aliphatic carbocycles. The predicted molar refractivity (Wildman–Crippen MR) is 110 cm³/mol. The van der Waals surface area contributed by atoms with E-state index in [4.69, 9.17) is 16.3 Å². The summed E-state index contributed by atoms with van der Waals surface area (Å²) in [4.78, 5) is 0. The van der Waals surface area contributed by atoms with Crippen LogP contribution in [0.5, 0.6) is 5.75 Å². The molecule has 0 spiro atoms. The summed E-state index contributed by atoms with van der Waals surface area (Å²) >= 11 is 7.83. The highest BCUT2D eigenvalue weighted by molar-refractivity contribution is 14.1. The van der Waals surface area contributed by atoms with Gasteiger partial charge < -0.3 is 4.74 Å². The maximum atomic E-state index is 14.1. The van der Waals surface area contributed by atoms with E-state index in [0.29, 0.717) is 5.02 Å². The van der Waals surface area contributed by atoms with Crippen molar-refractivity contribution in [1.82, 2.24) is 0 Å². The lowest BCUT2D eigenvalue weighted by atomic mass is 10.1. The van der Waals surface area contributed by atoms with Crippen LogP contribution in [-0.4, -0.2) is 6.11 Å². The molecule has 0 heterocycles. The third-order valence-electron chi connectivity index (χ3n) is 4.00. The molecule has 0 saturated heterocycles. The monoisotopic (exact) mass is 502 g/mol. The summed E-state index contributed by atoms with van der Waals surface area (Å²) in [6.45, 7) is 0. The minimum absolute atomic E-state index is 0.0563. The van der Waals surface area contributed by atoms with E-state index in [1.807, 2.05) is 34.7 Å². The molecular weight excluding hydrogens is 488 g/mol. The summed E-state index contributed by atoms with van der Waals surface area (Å²) in [7, 11) is 0. The van der Waals surface area contributed by atoms with E-state index in [1.54, 1.807) is 30.3 Å². The van der Waals surface area contributed by atoms with Gasteiger partial charge in [0.25, 0.3) is 0 Å². The normalized spacial score (nSPS) is 11.4. The summed E-state index contributed by atoms with van der Waals surface area (Å²) in [5, 5.41) is 0.628. The molecule has 0 bridgehead atoms. The largest absolute Gasteiger partial charge is 0.433 e. The fourth-order valence-electron chi connectivity index (χ4n) is 2.59. The Bertz CT molecular complexity index is 912. The fraction of sp³-hybridized carbons (Fsp3) is 0.143. The summed E-state index contributed by atoms with van der Waals surface area (Å²) in [6.07, 6.45) is -4.11. The van der Waals surface area contributed by atoms with Crippen molar-refractivity contribution >= 4 is 34.2 Å². The van der Waals surface area contributed by atoms with Gasteiger partial charge >= 0.3 is 6.11 Å². The SMILES string of the molecule is Fc1cc(I)ccc1CCC(F)(F)Oc1ccc(-c2ccc(Cl)cc2)cc1. The van der Waals surface area contributed by atoms with Gasteiger partial charge in [-0.25, -0.2) is 4.39 Å². The standard InChI is InChI=1S/C21H15ClF3IO/c22-17-6-1-14(2-7-17)15-4-9-19(10-5-15)27-21(24,25)12-11-16-3-8-18(26)13-20(16)23/h1-10,13H,11-12H2. The highest BCUT2D eigenvalue weighted by atomic mass is 127. The molecule has 0 radical (unpaired) electrons. The quantitative estimate of drug-likeness (QED) is 0.320. The highest BCUT2D eigenvalue weighted by Crippen LogP contribution is 2.29. The summed E-state index contributed by atoms with van der Waals surface area (Å²) in [6, 6.07) is 18.1. The van der Waals surface area contributed by atoms with Crippen LogP contribution in [0.15, 0.2) is 66.7 Å². The Kier molecular flexibility index (Phi) is 6.32. The van der Waals surface area contributed by atoms with Crippen LogP contribution in [0.2, 0.25) is 5.02 Å². The van der Waals surface area contributed by atoms with Gasteiger partial charge in [-0.3, -0.25) is 0 Å². The van der Waals surface area contributed by atoms with Crippen molar-refractivity contribution in [2.45, 2.75) is 19.0 Å². The van der Waals surface area contributed by atoms with Crippen molar-refractivity contribution in [3.8, 4) is 16.9 Å². The molecule has 3 aromatic carbocycles. The van der Waals surface area contributed by atoms with Crippen molar-refractivity contribution in [3.05, 3.63) is 86.7 Å². The van der Waals surface area contributed by atoms with Crippen LogP contribution in [-0.2, 0) is 6.42 Å². The van der Waals surface area contributed by atoms with E-state index in [2.05, 4.69) is 0 Å². The molecule has 140 valence electrons. The van der Waals surface area contributed by atoms with E-state index >= 15 is 0 Å². The number of aryl methyl sites for hydroxylation is 1. The maximum absolute atomic E-state index is 14.1. The summed E-state index contributed by atoms with van der Waals surface area (Å²) < 4.78 is 47.5. The Balaban J connectivity index is 1.63. The summed E-state index contributed by atoms with van der Waals surface area (Å²) in [5.41, 5.74) is 2.03. The number of halogens is 5. The first-order valence-electron chi connectivity index (χ1n) is 8.19. The number of rotatable bonds is 6. The fourth-order valence-corrected chi connectivity index (χ4v) is 3.17. The van der Waals surface area contributed by atoms with Gasteiger partial charge in [0, 0.05) is 8.59 Å². The Hall–Kier alpha value is -1.73. The van der Waals surface area contributed by atoms with Crippen LogP contribution < -0.4 is 4.74 Å². The number of hydrogen-bond donors (Lipinski definition) is 0. The molecule has 0 aliphatic rings. The lowest BCUT2D eigenvalue weighted by molar-refractivity contribution is -0.180. The molecule has 3 aromatic rings. The van der Waals surface area contributed by atoms with Gasteiger partial charge in [0.05, 0.1) is 6.42 Å². The molecular formula is C21H15ClF3IO. The van der Waals surface area contributed by atoms with Crippen LogP contribution in [0.4, 0.5) is 13.2 Å². The van der Waals surface area contributed by atoms with Crippen LogP contribution in [0, 0.1) is 9.39 Å². The van der Waals surface area contributed by atoms with Crippen molar-refractivity contribution in [2.24, 2.45) is 0 Å². The first-order chi connectivity index (χ1) is 12.8. The predicted octanol–water partition coefficient (Wildman–Crippen LogP) is 7.36. The Morgan fingerprint density at radius 1 is 0.889 bits per heavy atom. The minimum atomic E-state index is -3.39. The van der Waals surface area contributed by atoms with E-state index < -0.39 is 18.3 Å². The van der Waals surface area contributed by atoms with Gasteiger partial charge in [0.15, 0.2) is 0 Å². The topological polar surface area (TPSA) is 9.23 Å². The molecule has 0 aliphatic heterocycles. The number of benzene rings is 3. The zero-order chi connectivity index (χ0) is 19.4. The third-order valence-corrected chi connectivity index (χ3v) is 4.92. The van der Waals surface area contributed by atoms with E-state index in [1.165, 1.54) is 24.3 Å². The second-order valence-corrected chi connectivity index (χ2v) is 7.69. The Labute approximate surface area is 174 Å². The molecule has 1 nitrogen and oxygen atoms in total. The van der Waals surface area contributed by atoms with Gasteiger partial charge in [-0.15, -0.1) is 0 Å². The molecule has 0 N–H and O–H groups in total. The lowest BCUT2D eigenvalue weighted by Crippen LogP contribution is -2.25. The molecule has 6 heteroatoms. The van der Waals surface area contributed by atoms with Gasteiger partial charge in [0.1, 0.15) is 11.6 Å². The van der Waals surface area contributed by atoms with Gasteiger partial charge in [-0.05, 0) is 82.1 Å². The van der Waals surface area contributed by atoms with Crippen molar-refractivity contribution < 1.29 is 17.9 Å². The smallest absolute Gasteiger partial charge is 0.398 e. The molecule has 0 fully saturated rings. The maximum Gasteiger partial charge on any atom is 0.398 e. The van der Waals surface area contributed by atoms with Gasteiger partial charge in [-0.1, -0.05) is 41.9 Å². The van der Waals surface area contributed by atoms with Crippen LogP contribution in [0.1, 0.15) is 12.0 Å². The van der Waals surface area contributed by atoms with Crippen molar-refractivity contribution in [2.75, 3.05) is 0 Å². The molecule has 0 aromatic heterocycles. The number of hydrogen-bond acceptors (Lipinski definition) is 1. The summed E-state index contributed by atoms with van der Waals surface area (Å²) in [5.74, 6) is -0.425. The average Bonchev–Trinajstić information content (AvgIpc) is 2.62. The molecule has 0 amide bonds. The first kappa shape index (κ1) is 20.0. The van der Waals surface area contributed by atoms with Crippen LogP contribution in [0.25, 0.3) is 11.1 Å². The Morgan fingerprint density at radius 2 is 1.48 bits per heavy atom. The lowest BCUT2D eigenvalue weighted by Gasteiger charge is -2.18. The number of alkyl halides is 2. The van der Waals surface area contributed by atoms with E-state index in [0.717, 1.165) is 14.7 Å². The molecule has 3 rings (SSSR count). The molecule has 0 atom stereocenters. The van der Waals surface area contributed by atoms with Crippen LogP contribution >= 0.6 is 34.2 Å². The second-order valence-electron chi connectivity index (χ2n) is 6.01. The van der Waals surface area contributed by atoms with Gasteiger partial charge in [-0.2, -0.15) is 8.78 Å². The Morgan fingerprint density at radius 3 is 2.07 bits per heavy atom. The first-order valence-corrected chi connectivity index (χ1v) is 9.65. The van der Waals surface area contributed by atoms with Crippen molar-refractivity contribution in [1.29, 1.82) is 0 Å². The minimum Gasteiger partial charge on any atom is -0.433 e. The molecule has 27 heavy (non-hydrogen) atoms. The van der Waals surface area contributed by atoms with E-state index in [-0.39, 0.29) is 17.7 Å². The second kappa shape index (κ2) is 8.52. The zero-order valence-electron chi connectivity index (χ0n) is 14.1. The van der Waals surface area contributed by atoms with E-state index in [9.17, 15) is 13.2 Å². The number of ether oxygens (including phenoxy) is 1. The zero-order valence-corrected chi connectivity index (χ0v) is 17.0. The van der Waals surface area contributed by atoms with Crippen LogP contribution in [0.3, 0.4) is 0 Å². The average molecular weight is 503 g/mol. The molecule has 0 unspecified atom stereocenters.